The van der Waals surface area contributed by atoms with E-state index in [1.807, 2.05) is 43.3 Å². The van der Waals surface area contributed by atoms with E-state index in [4.69, 9.17) is 9.47 Å². The third-order valence-electron chi connectivity index (χ3n) is 5.47. The summed E-state index contributed by atoms with van der Waals surface area (Å²) in [6.45, 7) is 1.87. The highest BCUT2D eigenvalue weighted by molar-refractivity contribution is 9.10. The van der Waals surface area contributed by atoms with Crippen LogP contribution in [0.1, 0.15) is 6.92 Å². The van der Waals surface area contributed by atoms with E-state index < -0.39 is 17.4 Å². The van der Waals surface area contributed by atoms with Gasteiger partial charge in [-0.15, -0.1) is 0 Å². The highest BCUT2D eigenvalue weighted by Gasteiger charge is 2.65. The number of halogens is 1. The highest BCUT2D eigenvalue weighted by Crippen LogP contribution is 2.52. The monoisotopic (exact) mass is 425 g/mol. The quantitative estimate of drug-likeness (QED) is 0.549. The minimum Gasteiger partial charge on any atom is -0.457 e. The van der Waals surface area contributed by atoms with Crippen molar-refractivity contribution in [2.24, 2.45) is 11.8 Å². The number of benzene rings is 2. The average molecular weight is 426 g/mol. The molecule has 3 aliphatic rings. The number of imide groups is 1. The Labute approximate surface area is 164 Å². The minimum absolute atomic E-state index is 0.190. The number of carbonyl (C=O) groups is 2. The van der Waals surface area contributed by atoms with Gasteiger partial charge in [-0.05, 0) is 55.5 Å². The van der Waals surface area contributed by atoms with E-state index in [1.165, 1.54) is 4.90 Å². The molecular weight excluding hydrogens is 410 g/mol. The zero-order valence-corrected chi connectivity index (χ0v) is 16.0. The van der Waals surface area contributed by atoms with Crippen molar-refractivity contribution in [1.82, 2.24) is 0 Å². The van der Waals surface area contributed by atoms with Crippen LogP contribution in [-0.2, 0) is 14.3 Å². The van der Waals surface area contributed by atoms with Crippen LogP contribution < -0.4 is 9.64 Å². The standard InChI is InChI=1S/C21H16BrNO4/c1-21-11-10-16(27-21)17-18(21)20(25)23(19(17)24)13-4-8-15(9-5-13)26-14-6-2-12(22)3-7-14/h2-11,16-18H,1H3. The molecule has 2 aromatic carbocycles. The highest BCUT2D eigenvalue weighted by atomic mass is 79.9. The van der Waals surface area contributed by atoms with Crippen molar-refractivity contribution in [1.29, 1.82) is 0 Å². The molecule has 3 heterocycles. The van der Waals surface area contributed by atoms with Gasteiger partial charge in [-0.25, -0.2) is 4.90 Å². The van der Waals surface area contributed by atoms with Gasteiger partial charge in [0.2, 0.25) is 11.8 Å². The summed E-state index contributed by atoms with van der Waals surface area (Å²) in [6.07, 6.45) is 3.50. The first kappa shape index (κ1) is 16.7. The van der Waals surface area contributed by atoms with Crippen LogP contribution >= 0.6 is 15.9 Å². The summed E-state index contributed by atoms with van der Waals surface area (Å²) < 4.78 is 12.6. The lowest BCUT2D eigenvalue weighted by molar-refractivity contribution is -0.126. The Morgan fingerprint density at radius 2 is 1.63 bits per heavy atom. The minimum atomic E-state index is -0.679. The number of hydrogen-bond donors (Lipinski definition) is 0. The van der Waals surface area contributed by atoms with Gasteiger partial charge in [-0.3, -0.25) is 9.59 Å². The van der Waals surface area contributed by atoms with Crippen molar-refractivity contribution in [3.8, 4) is 11.5 Å². The van der Waals surface area contributed by atoms with Crippen LogP contribution in [0.3, 0.4) is 0 Å². The molecule has 136 valence electrons. The van der Waals surface area contributed by atoms with Crippen molar-refractivity contribution >= 4 is 33.4 Å². The van der Waals surface area contributed by atoms with Gasteiger partial charge in [-0.2, -0.15) is 0 Å². The summed E-state index contributed by atoms with van der Waals surface area (Å²) in [5.41, 5.74) is -0.118. The number of nitrogens with zero attached hydrogens (tertiary/aromatic N) is 1. The summed E-state index contributed by atoms with van der Waals surface area (Å²) in [6, 6.07) is 14.5. The molecule has 5 nitrogen and oxygen atoms in total. The fourth-order valence-corrected chi connectivity index (χ4v) is 4.47. The molecule has 2 aromatic rings. The van der Waals surface area contributed by atoms with Crippen LogP contribution in [0.4, 0.5) is 5.69 Å². The maximum atomic E-state index is 13.0. The number of carbonyl (C=O) groups excluding carboxylic acids is 2. The maximum absolute atomic E-state index is 13.0. The predicted molar refractivity (Wildman–Crippen MR) is 103 cm³/mol. The first-order valence-electron chi connectivity index (χ1n) is 8.75. The molecule has 2 amide bonds. The molecule has 0 aliphatic carbocycles. The molecule has 6 heteroatoms. The Morgan fingerprint density at radius 1 is 1.00 bits per heavy atom. The largest absolute Gasteiger partial charge is 0.457 e. The first-order valence-corrected chi connectivity index (χ1v) is 9.54. The topological polar surface area (TPSA) is 55.8 Å². The fraction of sp³-hybridized carbons (Fsp3) is 0.238. The third kappa shape index (κ3) is 2.47. The zero-order chi connectivity index (χ0) is 18.8. The van der Waals surface area contributed by atoms with Gasteiger partial charge < -0.3 is 9.47 Å². The van der Waals surface area contributed by atoms with Crippen LogP contribution in [0.15, 0.2) is 65.2 Å². The Morgan fingerprint density at radius 3 is 2.26 bits per heavy atom. The predicted octanol–water partition coefficient (Wildman–Crippen LogP) is 4.07. The summed E-state index contributed by atoms with van der Waals surface area (Å²) in [5, 5.41) is 0. The normalized spacial score (nSPS) is 30.9. The van der Waals surface area contributed by atoms with Crippen LogP contribution in [-0.4, -0.2) is 23.5 Å². The van der Waals surface area contributed by atoms with Crippen LogP contribution in [0, 0.1) is 11.8 Å². The van der Waals surface area contributed by atoms with Crippen molar-refractivity contribution in [3.63, 3.8) is 0 Å². The molecule has 4 atom stereocenters. The zero-order valence-electron chi connectivity index (χ0n) is 14.5. The number of rotatable bonds is 3. The van der Waals surface area contributed by atoms with E-state index in [9.17, 15) is 9.59 Å². The summed E-state index contributed by atoms with van der Waals surface area (Å²) in [4.78, 5) is 27.1. The lowest BCUT2D eigenvalue weighted by Gasteiger charge is -2.24. The molecule has 0 N–H and O–H groups in total. The second kappa shape index (κ2) is 5.78. The molecule has 2 bridgehead atoms. The molecule has 5 rings (SSSR count). The first-order chi connectivity index (χ1) is 13.0. The maximum Gasteiger partial charge on any atom is 0.241 e. The molecule has 0 spiro atoms. The Bertz CT molecular complexity index is 969. The van der Waals surface area contributed by atoms with Crippen LogP contribution in [0.2, 0.25) is 0 Å². The number of fused-ring (bicyclic) bond motifs is 5. The van der Waals surface area contributed by atoms with Gasteiger partial charge in [0, 0.05) is 4.47 Å². The van der Waals surface area contributed by atoms with Gasteiger partial charge in [0.25, 0.3) is 0 Å². The van der Waals surface area contributed by atoms with Crippen molar-refractivity contribution in [3.05, 3.63) is 65.2 Å². The average Bonchev–Trinajstić information content (AvgIpc) is 3.27. The van der Waals surface area contributed by atoms with E-state index in [0.29, 0.717) is 17.2 Å². The van der Waals surface area contributed by atoms with Crippen LogP contribution in [0.25, 0.3) is 0 Å². The SMILES string of the molecule is CC12C=CC(O1)C1C(=O)N(c3ccc(Oc4ccc(Br)cc4)cc3)C(=O)C12. The molecule has 0 radical (unpaired) electrons. The molecule has 4 unspecified atom stereocenters. The second-order valence-electron chi connectivity index (χ2n) is 7.19. The lowest BCUT2D eigenvalue weighted by atomic mass is 9.78. The number of amides is 2. The smallest absolute Gasteiger partial charge is 0.241 e. The van der Waals surface area contributed by atoms with Gasteiger partial charge in [0.15, 0.2) is 0 Å². The lowest BCUT2D eigenvalue weighted by Crippen LogP contribution is -2.38. The molecule has 2 fully saturated rings. The summed E-state index contributed by atoms with van der Waals surface area (Å²) in [7, 11) is 0. The number of ether oxygens (including phenoxy) is 2. The summed E-state index contributed by atoms with van der Waals surface area (Å²) >= 11 is 3.39. The third-order valence-corrected chi connectivity index (χ3v) is 6.00. The van der Waals surface area contributed by atoms with Gasteiger partial charge in [0.05, 0.1) is 29.2 Å². The number of anilines is 1. The Hall–Kier alpha value is -2.44. The second-order valence-corrected chi connectivity index (χ2v) is 8.11. The van der Waals surface area contributed by atoms with E-state index >= 15 is 0 Å². The molecule has 27 heavy (non-hydrogen) atoms. The fourth-order valence-electron chi connectivity index (χ4n) is 4.21. The van der Waals surface area contributed by atoms with E-state index in [0.717, 1.165) is 4.47 Å². The van der Waals surface area contributed by atoms with Crippen LogP contribution in [0.5, 0.6) is 11.5 Å². The number of hydrogen-bond acceptors (Lipinski definition) is 4. The van der Waals surface area contributed by atoms with Gasteiger partial charge in [0.1, 0.15) is 11.5 Å². The molecular formula is C21H16BrNO4. The van der Waals surface area contributed by atoms with E-state index in [-0.39, 0.29) is 17.9 Å². The Kier molecular flexibility index (Phi) is 3.58. The summed E-state index contributed by atoms with van der Waals surface area (Å²) in [5.74, 6) is 0.0920. The van der Waals surface area contributed by atoms with Gasteiger partial charge >= 0.3 is 0 Å². The molecule has 0 saturated carbocycles. The molecule has 0 aromatic heterocycles. The molecule has 3 aliphatic heterocycles. The van der Waals surface area contributed by atoms with Crippen molar-refractivity contribution < 1.29 is 19.1 Å². The van der Waals surface area contributed by atoms with Crippen molar-refractivity contribution in [2.75, 3.05) is 4.90 Å². The van der Waals surface area contributed by atoms with E-state index in [1.54, 1.807) is 24.3 Å². The van der Waals surface area contributed by atoms with Gasteiger partial charge in [-0.1, -0.05) is 28.1 Å². The Balaban J connectivity index is 1.39. The molecule has 2 saturated heterocycles. The van der Waals surface area contributed by atoms with E-state index in [2.05, 4.69) is 15.9 Å². The van der Waals surface area contributed by atoms with Crippen molar-refractivity contribution in [2.45, 2.75) is 18.6 Å².